The van der Waals surface area contributed by atoms with Crippen molar-refractivity contribution in [2.75, 3.05) is 11.9 Å². The molecule has 3 atom stereocenters. The highest BCUT2D eigenvalue weighted by atomic mass is 35.5. The number of anilines is 1. The van der Waals surface area contributed by atoms with Crippen molar-refractivity contribution in [3.63, 3.8) is 0 Å². The Morgan fingerprint density at radius 1 is 1.28 bits per heavy atom. The van der Waals surface area contributed by atoms with Crippen molar-refractivity contribution in [2.45, 2.75) is 12.0 Å². The summed E-state index contributed by atoms with van der Waals surface area (Å²) in [5.41, 5.74) is 1.28. The SMILES string of the molecule is N#Cc1ccc(NC(=O)NC2C3COc4c(Cl)ccc(Cl)c4C32)nc1. The van der Waals surface area contributed by atoms with E-state index in [4.69, 9.17) is 33.2 Å². The van der Waals surface area contributed by atoms with Crippen LogP contribution in [0.1, 0.15) is 17.0 Å². The largest absolute Gasteiger partial charge is 0.491 e. The van der Waals surface area contributed by atoms with Gasteiger partial charge >= 0.3 is 6.03 Å². The predicted octanol–water partition coefficient (Wildman–Crippen LogP) is 3.56. The van der Waals surface area contributed by atoms with Crippen LogP contribution in [-0.4, -0.2) is 23.7 Å². The first kappa shape index (κ1) is 16.0. The van der Waals surface area contributed by atoms with Crippen LogP contribution in [0.3, 0.4) is 0 Å². The fourth-order valence-electron chi connectivity index (χ4n) is 3.20. The third-order valence-electron chi connectivity index (χ3n) is 4.45. The molecule has 1 aliphatic carbocycles. The topological polar surface area (TPSA) is 87.0 Å². The summed E-state index contributed by atoms with van der Waals surface area (Å²) < 4.78 is 5.71. The fourth-order valence-corrected chi connectivity index (χ4v) is 3.69. The highest BCUT2D eigenvalue weighted by Gasteiger charge is 2.56. The first-order valence-electron chi connectivity index (χ1n) is 7.63. The number of pyridine rings is 1. The Hall–Kier alpha value is -2.49. The number of nitriles is 1. The molecule has 1 fully saturated rings. The van der Waals surface area contributed by atoms with E-state index in [0.29, 0.717) is 33.8 Å². The van der Waals surface area contributed by atoms with Crippen molar-refractivity contribution >= 4 is 35.1 Å². The van der Waals surface area contributed by atoms with Gasteiger partial charge in [-0.15, -0.1) is 0 Å². The number of carbonyl (C=O) groups is 1. The van der Waals surface area contributed by atoms with Gasteiger partial charge in [-0.25, -0.2) is 9.78 Å². The fraction of sp³-hybridized carbons (Fsp3) is 0.235. The van der Waals surface area contributed by atoms with Crippen LogP contribution in [0.4, 0.5) is 10.6 Å². The zero-order chi connectivity index (χ0) is 17.6. The van der Waals surface area contributed by atoms with Gasteiger partial charge < -0.3 is 10.1 Å². The summed E-state index contributed by atoms with van der Waals surface area (Å²) >= 11 is 12.5. The lowest BCUT2D eigenvalue weighted by atomic mass is 10.1. The van der Waals surface area contributed by atoms with Crippen molar-refractivity contribution in [2.24, 2.45) is 5.92 Å². The van der Waals surface area contributed by atoms with E-state index in [1.807, 2.05) is 6.07 Å². The molecule has 2 aromatic rings. The third-order valence-corrected chi connectivity index (χ3v) is 5.08. The summed E-state index contributed by atoms with van der Waals surface area (Å²) in [5, 5.41) is 15.4. The van der Waals surface area contributed by atoms with Crippen molar-refractivity contribution in [3.8, 4) is 11.8 Å². The lowest BCUT2D eigenvalue weighted by Crippen LogP contribution is -2.32. The lowest BCUT2D eigenvalue weighted by molar-refractivity contribution is 0.249. The van der Waals surface area contributed by atoms with Crippen LogP contribution in [0.25, 0.3) is 0 Å². The van der Waals surface area contributed by atoms with Crippen LogP contribution in [0, 0.1) is 17.2 Å². The maximum atomic E-state index is 12.2. The molecule has 1 aromatic carbocycles. The third kappa shape index (κ3) is 2.86. The van der Waals surface area contributed by atoms with E-state index in [0.717, 1.165) is 5.56 Å². The molecule has 25 heavy (non-hydrogen) atoms. The summed E-state index contributed by atoms with van der Waals surface area (Å²) in [5.74, 6) is 1.24. The van der Waals surface area contributed by atoms with E-state index in [-0.39, 0.29) is 23.9 Å². The minimum Gasteiger partial charge on any atom is -0.491 e. The Kier molecular flexibility index (Phi) is 3.91. The van der Waals surface area contributed by atoms with Crippen molar-refractivity contribution in [1.29, 1.82) is 5.26 Å². The Labute approximate surface area is 153 Å². The number of aromatic nitrogens is 1. The van der Waals surface area contributed by atoms with Crippen LogP contribution in [0.2, 0.25) is 10.0 Å². The first-order valence-corrected chi connectivity index (χ1v) is 8.38. The zero-order valence-corrected chi connectivity index (χ0v) is 14.3. The van der Waals surface area contributed by atoms with E-state index in [9.17, 15) is 4.79 Å². The van der Waals surface area contributed by atoms with Crippen molar-refractivity contribution in [3.05, 3.63) is 51.6 Å². The standard InChI is InChI=1S/C17H12Cl2N4O2/c18-10-2-3-11(19)16-14(10)13-9(7-25-16)15(13)23-17(24)22-12-4-1-8(5-20)6-21-12/h1-4,6,9,13,15H,7H2,(H2,21,22,23,24). The molecule has 4 rings (SSSR count). The Balaban J connectivity index is 1.45. The molecule has 126 valence electrons. The number of hydrogen-bond acceptors (Lipinski definition) is 4. The van der Waals surface area contributed by atoms with Gasteiger partial charge in [-0.1, -0.05) is 23.2 Å². The number of urea groups is 1. The van der Waals surface area contributed by atoms with Crippen LogP contribution < -0.4 is 15.4 Å². The monoisotopic (exact) mass is 374 g/mol. The molecule has 2 N–H and O–H groups in total. The Morgan fingerprint density at radius 3 is 2.80 bits per heavy atom. The minimum absolute atomic E-state index is 0.0735. The van der Waals surface area contributed by atoms with Crippen molar-refractivity contribution < 1.29 is 9.53 Å². The Bertz CT molecular complexity index is 895. The minimum atomic E-state index is -0.365. The number of nitrogens with one attached hydrogen (secondary N) is 2. The molecule has 1 aromatic heterocycles. The number of fused-ring (bicyclic) bond motifs is 3. The number of benzene rings is 1. The molecule has 2 heterocycles. The molecule has 2 aliphatic rings. The summed E-state index contributed by atoms with van der Waals surface area (Å²) in [6.45, 7) is 0.484. The van der Waals surface area contributed by atoms with Gasteiger partial charge in [0.25, 0.3) is 0 Å². The second kappa shape index (κ2) is 6.10. The quantitative estimate of drug-likeness (QED) is 0.840. The van der Waals surface area contributed by atoms with E-state index in [1.165, 1.54) is 6.20 Å². The average Bonchev–Trinajstić information content (AvgIpc) is 3.31. The summed E-state index contributed by atoms with van der Waals surface area (Å²) in [4.78, 5) is 16.2. The average molecular weight is 375 g/mol. The molecule has 2 amide bonds. The van der Waals surface area contributed by atoms with Gasteiger partial charge in [-0.2, -0.15) is 5.26 Å². The van der Waals surface area contributed by atoms with Crippen LogP contribution in [-0.2, 0) is 0 Å². The van der Waals surface area contributed by atoms with Gasteiger partial charge in [0.2, 0.25) is 0 Å². The van der Waals surface area contributed by atoms with Crippen LogP contribution >= 0.6 is 23.2 Å². The second-order valence-electron chi connectivity index (χ2n) is 5.94. The lowest BCUT2D eigenvalue weighted by Gasteiger charge is -2.18. The Morgan fingerprint density at radius 2 is 2.08 bits per heavy atom. The molecule has 8 heteroatoms. The maximum Gasteiger partial charge on any atom is 0.320 e. The van der Waals surface area contributed by atoms with Crippen LogP contribution in [0.5, 0.6) is 5.75 Å². The summed E-state index contributed by atoms with van der Waals surface area (Å²) in [6, 6.07) is 8.15. The van der Waals surface area contributed by atoms with E-state index in [2.05, 4.69) is 15.6 Å². The van der Waals surface area contributed by atoms with E-state index < -0.39 is 0 Å². The highest BCUT2D eigenvalue weighted by molar-refractivity contribution is 6.35. The van der Waals surface area contributed by atoms with Gasteiger partial charge in [-0.3, -0.25) is 5.32 Å². The highest BCUT2D eigenvalue weighted by Crippen LogP contribution is 2.57. The molecular formula is C17H12Cl2N4O2. The normalized spacial score (nSPS) is 22.7. The maximum absolute atomic E-state index is 12.2. The molecule has 3 unspecified atom stereocenters. The summed E-state index contributed by atoms with van der Waals surface area (Å²) in [7, 11) is 0. The van der Waals surface area contributed by atoms with E-state index in [1.54, 1.807) is 24.3 Å². The second-order valence-corrected chi connectivity index (χ2v) is 6.76. The van der Waals surface area contributed by atoms with Gasteiger partial charge in [0.1, 0.15) is 17.6 Å². The smallest absolute Gasteiger partial charge is 0.320 e. The van der Waals surface area contributed by atoms with Gasteiger partial charge in [0, 0.05) is 34.7 Å². The number of carbonyl (C=O) groups excluding carboxylic acids is 1. The van der Waals surface area contributed by atoms with Gasteiger partial charge in [-0.05, 0) is 24.3 Å². The number of ether oxygens (including phenoxy) is 1. The first-order chi connectivity index (χ1) is 12.1. The number of hydrogen-bond donors (Lipinski definition) is 2. The predicted molar refractivity (Wildman–Crippen MR) is 93.1 cm³/mol. The number of rotatable bonds is 2. The number of halogens is 2. The van der Waals surface area contributed by atoms with Gasteiger partial charge in [0.15, 0.2) is 0 Å². The molecule has 0 radical (unpaired) electrons. The van der Waals surface area contributed by atoms with Gasteiger partial charge in [0.05, 0.1) is 17.2 Å². The molecule has 0 spiro atoms. The molecular weight excluding hydrogens is 363 g/mol. The molecule has 6 nitrogen and oxygen atoms in total. The van der Waals surface area contributed by atoms with Crippen LogP contribution in [0.15, 0.2) is 30.5 Å². The number of amides is 2. The van der Waals surface area contributed by atoms with E-state index >= 15 is 0 Å². The van der Waals surface area contributed by atoms with Crippen molar-refractivity contribution in [1.82, 2.24) is 10.3 Å². The summed E-state index contributed by atoms with van der Waals surface area (Å²) in [6.07, 6.45) is 1.40. The number of nitrogens with zero attached hydrogens (tertiary/aromatic N) is 2. The zero-order valence-electron chi connectivity index (χ0n) is 12.8. The molecule has 0 bridgehead atoms. The molecule has 1 saturated carbocycles. The molecule has 1 aliphatic heterocycles. The molecule has 0 saturated heterocycles.